The third-order valence-electron chi connectivity index (χ3n) is 4.04. The van der Waals surface area contributed by atoms with Crippen molar-refractivity contribution in [1.82, 2.24) is 0 Å². The fraction of sp³-hybridized carbons (Fsp3) is 1.00. The van der Waals surface area contributed by atoms with Gasteiger partial charge in [-0.3, -0.25) is 0 Å². The molecule has 1 saturated heterocycles. The summed E-state index contributed by atoms with van der Waals surface area (Å²) >= 11 is 0. The molecule has 1 heterocycles. The first kappa shape index (κ1) is 10.4. The van der Waals surface area contributed by atoms with Gasteiger partial charge in [0.25, 0.3) is 0 Å². The van der Waals surface area contributed by atoms with Crippen molar-refractivity contribution in [2.75, 3.05) is 6.61 Å². The molecule has 0 aromatic rings. The summed E-state index contributed by atoms with van der Waals surface area (Å²) in [6.07, 6.45) is 6.34. The van der Waals surface area contributed by atoms with Gasteiger partial charge in [0.05, 0.1) is 18.8 Å². The van der Waals surface area contributed by atoms with Crippen molar-refractivity contribution in [2.45, 2.75) is 58.2 Å². The number of rotatable bonds is 4. The van der Waals surface area contributed by atoms with Crippen molar-refractivity contribution in [3.63, 3.8) is 0 Å². The quantitative estimate of drug-likeness (QED) is 0.703. The lowest BCUT2D eigenvalue weighted by Crippen LogP contribution is -2.35. The summed E-state index contributed by atoms with van der Waals surface area (Å²) < 4.78 is 5.21. The molecular formula is C12H22O2. The van der Waals surface area contributed by atoms with Crippen LogP contribution in [0.25, 0.3) is 0 Å². The molecule has 3 unspecified atom stereocenters. The SMILES string of the molecule is CC(CC1CO1)C(O)C1(C)CCCC1. The maximum Gasteiger partial charge on any atom is 0.0813 e. The molecule has 2 rings (SSSR count). The molecule has 1 N–H and O–H groups in total. The monoisotopic (exact) mass is 198 g/mol. The molecule has 0 aromatic carbocycles. The van der Waals surface area contributed by atoms with Gasteiger partial charge < -0.3 is 9.84 Å². The largest absolute Gasteiger partial charge is 0.392 e. The van der Waals surface area contributed by atoms with E-state index in [4.69, 9.17) is 4.74 Å². The van der Waals surface area contributed by atoms with Crippen LogP contribution in [0, 0.1) is 11.3 Å². The Kier molecular flexibility index (Phi) is 2.85. The molecule has 1 saturated carbocycles. The summed E-state index contributed by atoms with van der Waals surface area (Å²) in [4.78, 5) is 0. The smallest absolute Gasteiger partial charge is 0.0813 e. The van der Waals surface area contributed by atoms with Crippen LogP contribution >= 0.6 is 0 Å². The van der Waals surface area contributed by atoms with Crippen LogP contribution in [0.3, 0.4) is 0 Å². The molecule has 2 fully saturated rings. The molecule has 82 valence electrons. The van der Waals surface area contributed by atoms with Gasteiger partial charge in [0.15, 0.2) is 0 Å². The van der Waals surface area contributed by atoms with Gasteiger partial charge in [0, 0.05) is 0 Å². The Morgan fingerprint density at radius 3 is 2.50 bits per heavy atom. The van der Waals surface area contributed by atoms with E-state index in [1.807, 2.05) is 0 Å². The molecule has 1 aliphatic carbocycles. The second-order valence-corrected chi connectivity index (χ2v) is 5.47. The number of hydrogen-bond donors (Lipinski definition) is 1. The highest BCUT2D eigenvalue weighted by Crippen LogP contribution is 2.43. The second kappa shape index (κ2) is 3.82. The van der Waals surface area contributed by atoms with Gasteiger partial charge in [0.2, 0.25) is 0 Å². The van der Waals surface area contributed by atoms with Gasteiger partial charge in [-0.2, -0.15) is 0 Å². The van der Waals surface area contributed by atoms with Gasteiger partial charge in [-0.1, -0.05) is 26.7 Å². The van der Waals surface area contributed by atoms with Crippen LogP contribution in [-0.2, 0) is 4.74 Å². The average Bonchev–Trinajstić information content (AvgIpc) is 2.85. The zero-order chi connectivity index (χ0) is 10.2. The van der Waals surface area contributed by atoms with Crippen molar-refractivity contribution < 1.29 is 9.84 Å². The van der Waals surface area contributed by atoms with E-state index < -0.39 is 0 Å². The van der Waals surface area contributed by atoms with Crippen LogP contribution in [0.2, 0.25) is 0 Å². The first-order valence-electron chi connectivity index (χ1n) is 5.91. The van der Waals surface area contributed by atoms with Crippen LogP contribution in [0.5, 0.6) is 0 Å². The lowest BCUT2D eigenvalue weighted by atomic mass is 9.76. The average molecular weight is 198 g/mol. The molecule has 2 aliphatic rings. The van der Waals surface area contributed by atoms with Gasteiger partial charge in [-0.15, -0.1) is 0 Å². The maximum atomic E-state index is 10.3. The van der Waals surface area contributed by atoms with Crippen molar-refractivity contribution in [1.29, 1.82) is 0 Å². The fourth-order valence-corrected chi connectivity index (χ4v) is 2.91. The normalized spacial score (nSPS) is 34.1. The molecular weight excluding hydrogens is 176 g/mol. The summed E-state index contributed by atoms with van der Waals surface area (Å²) in [5, 5.41) is 10.3. The molecule has 14 heavy (non-hydrogen) atoms. The molecule has 0 bridgehead atoms. The van der Waals surface area contributed by atoms with Crippen LogP contribution < -0.4 is 0 Å². The highest BCUT2D eigenvalue weighted by Gasteiger charge is 2.40. The fourth-order valence-electron chi connectivity index (χ4n) is 2.91. The molecule has 3 atom stereocenters. The molecule has 0 aromatic heterocycles. The van der Waals surface area contributed by atoms with Crippen LogP contribution in [0.15, 0.2) is 0 Å². The van der Waals surface area contributed by atoms with Crippen LogP contribution in [0.4, 0.5) is 0 Å². The number of epoxide rings is 1. The Morgan fingerprint density at radius 2 is 2.00 bits per heavy atom. The predicted octanol–water partition coefficient (Wildman–Crippen LogP) is 2.35. The highest BCUT2D eigenvalue weighted by molar-refractivity contribution is 4.90. The van der Waals surface area contributed by atoms with E-state index in [1.165, 1.54) is 25.7 Å². The van der Waals surface area contributed by atoms with E-state index >= 15 is 0 Å². The topological polar surface area (TPSA) is 32.8 Å². The van der Waals surface area contributed by atoms with E-state index in [0.29, 0.717) is 12.0 Å². The molecule has 1 aliphatic heterocycles. The molecule has 2 nitrogen and oxygen atoms in total. The Morgan fingerprint density at radius 1 is 1.43 bits per heavy atom. The van der Waals surface area contributed by atoms with Crippen molar-refractivity contribution in [3.05, 3.63) is 0 Å². The number of hydrogen-bond acceptors (Lipinski definition) is 2. The third kappa shape index (κ3) is 2.12. The van der Waals surface area contributed by atoms with Crippen molar-refractivity contribution >= 4 is 0 Å². The van der Waals surface area contributed by atoms with E-state index in [9.17, 15) is 5.11 Å². The molecule has 0 spiro atoms. The van der Waals surface area contributed by atoms with Crippen molar-refractivity contribution in [3.8, 4) is 0 Å². The van der Waals surface area contributed by atoms with E-state index in [2.05, 4.69) is 13.8 Å². The van der Waals surface area contributed by atoms with Gasteiger partial charge in [0.1, 0.15) is 0 Å². The molecule has 0 radical (unpaired) electrons. The summed E-state index contributed by atoms with van der Waals surface area (Å²) in [5.74, 6) is 0.394. The standard InChI is InChI=1S/C12H22O2/c1-9(7-10-8-14-10)11(13)12(2)5-3-4-6-12/h9-11,13H,3-8H2,1-2H3. The first-order chi connectivity index (χ1) is 6.62. The van der Waals surface area contributed by atoms with Gasteiger partial charge in [-0.25, -0.2) is 0 Å². The Bertz CT molecular complexity index is 192. The minimum Gasteiger partial charge on any atom is -0.392 e. The summed E-state index contributed by atoms with van der Waals surface area (Å²) in [7, 11) is 0. The Labute approximate surface area is 86.6 Å². The molecule has 2 heteroatoms. The number of ether oxygens (including phenoxy) is 1. The highest BCUT2D eigenvalue weighted by atomic mass is 16.6. The lowest BCUT2D eigenvalue weighted by molar-refractivity contribution is -0.00457. The number of aliphatic hydroxyl groups is 1. The van der Waals surface area contributed by atoms with Crippen LogP contribution in [0.1, 0.15) is 46.0 Å². The summed E-state index contributed by atoms with van der Waals surface area (Å²) in [6.45, 7) is 5.32. The minimum atomic E-state index is -0.130. The Hall–Kier alpha value is -0.0800. The van der Waals surface area contributed by atoms with Gasteiger partial charge in [-0.05, 0) is 30.6 Å². The van der Waals surface area contributed by atoms with Gasteiger partial charge >= 0.3 is 0 Å². The predicted molar refractivity (Wildman–Crippen MR) is 56.1 cm³/mol. The number of aliphatic hydroxyl groups excluding tert-OH is 1. The van der Waals surface area contributed by atoms with E-state index in [-0.39, 0.29) is 11.5 Å². The summed E-state index contributed by atoms with van der Waals surface area (Å²) in [5.41, 5.74) is 0.189. The zero-order valence-corrected chi connectivity index (χ0v) is 9.33. The van der Waals surface area contributed by atoms with Crippen LogP contribution in [-0.4, -0.2) is 23.9 Å². The zero-order valence-electron chi connectivity index (χ0n) is 9.33. The van der Waals surface area contributed by atoms with E-state index in [0.717, 1.165) is 13.0 Å². The lowest BCUT2D eigenvalue weighted by Gasteiger charge is -2.34. The first-order valence-corrected chi connectivity index (χ1v) is 5.91. The van der Waals surface area contributed by atoms with E-state index in [1.54, 1.807) is 0 Å². The minimum absolute atomic E-state index is 0.130. The third-order valence-corrected chi connectivity index (χ3v) is 4.04. The summed E-state index contributed by atoms with van der Waals surface area (Å²) in [6, 6.07) is 0. The molecule has 0 amide bonds. The Balaban J connectivity index is 1.87. The van der Waals surface area contributed by atoms with Crippen molar-refractivity contribution in [2.24, 2.45) is 11.3 Å². The maximum absolute atomic E-state index is 10.3. The second-order valence-electron chi connectivity index (χ2n) is 5.47.